The van der Waals surface area contributed by atoms with Crippen molar-refractivity contribution in [3.8, 4) is 0 Å². The quantitative estimate of drug-likeness (QED) is 0.0452. The molecule has 12 nitrogen and oxygen atoms in total. The van der Waals surface area contributed by atoms with Crippen LogP contribution in [-0.4, -0.2) is 92.7 Å². The van der Waals surface area contributed by atoms with Crippen LogP contribution in [0, 0.1) is 5.41 Å². The molecule has 45 heavy (non-hydrogen) atoms. The van der Waals surface area contributed by atoms with Crippen molar-refractivity contribution < 1.29 is 59.7 Å². The van der Waals surface area contributed by atoms with Gasteiger partial charge in [0.1, 0.15) is 0 Å². The number of hydrogen-bond acceptors (Lipinski definition) is 8. The van der Waals surface area contributed by atoms with Crippen molar-refractivity contribution in [2.45, 2.75) is 148 Å². The van der Waals surface area contributed by atoms with Crippen molar-refractivity contribution in [3.05, 3.63) is 0 Å². The van der Waals surface area contributed by atoms with Crippen LogP contribution >= 0.6 is 0 Å². The second kappa shape index (κ2) is 36.2. The Bertz CT molecular complexity index is 669. The number of aliphatic carboxylic acids is 4. The Morgan fingerprint density at radius 1 is 0.444 bits per heavy atom. The lowest BCUT2D eigenvalue weighted by molar-refractivity contribution is -0.138. The highest BCUT2D eigenvalue weighted by Crippen LogP contribution is 2.15. The second-order valence-corrected chi connectivity index (χ2v) is 11.6. The zero-order valence-corrected chi connectivity index (χ0v) is 27.8. The third-order valence-corrected chi connectivity index (χ3v) is 7.12. The predicted octanol–water partition coefficient (Wildman–Crippen LogP) is 5.88. The van der Waals surface area contributed by atoms with Crippen LogP contribution in [0.2, 0.25) is 0 Å². The number of carboxylic acids is 4. The summed E-state index contributed by atoms with van der Waals surface area (Å²) in [4.78, 5) is 40.7. The van der Waals surface area contributed by atoms with Crippen LogP contribution in [0.25, 0.3) is 0 Å². The maximum atomic E-state index is 10.2. The molecular formula is C33H64O12. The minimum absolute atomic E-state index is 0.117. The summed E-state index contributed by atoms with van der Waals surface area (Å²) in [5.41, 5.74) is -0.969. The van der Waals surface area contributed by atoms with E-state index in [1.165, 1.54) is 44.9 Å². The Morgan fingerprint density at radius 2 is 0.711 bits per heavy atom. The maximum absolute atomic E-state index is 10.2. The number of ether oxygens (including phenoxy) is 1. The van der Waals surface area contributed by atoms with Crippen molar-refractivity contribution in [2.75, 3.05) is 33.0 Å². The molecule has 0 radical (unpaired) electrons. The van der Waals surface area contributed by atoms with Crippen LogP contribution < -0.4 is 0 Å². The molecule has 0 aliphatic heterocycles. The molecule has 0 heterocycles. The van der Waals surface area contributed by atoms with E-state index in [-0.39, 0.29) is 45.7 Å². The summed E-state index contributed by atoms with van der Waals surface area (Å²) in [7, 11) is 0. The lowest BCUT2D eigenvalue weighted by Gasteiger charge is -2.26. The molecule has 0 unspecified atom stereocenters. The number of unbranched alkanes of at least 4 members (excludes halogenated alkanes) is 15. The van der Waals surface area contributed by atoms with Gasteiger partial charge in [0.15, 0.2) is 0 Å². The molecule has 0 fully saturated rings. The number of rotatable bonds is 30. The summed E-state index contributed by atoms with van der Waals surface area (Å²) >= 11 is 0. The van der Waals surface area contributed by atoms with E-state index in [0.717, 1.165) is 51.4 Å². The molecule has 7 N–H and O–H groups in total. The Labute approximate surface area is 270 Å². The summed E-state index contributed by atoms with van der Waals surface area (Å²) in [6, 6.07) is 0. The summed E-state index contributed by atoms with van der Waals surface area (Å²) in [6.07, 6.45) is 19.4. The smallest absolute Gasteiger partial charge is 0.303 e. The summed E-state index contributed by atoms with van der Waals surface area (Å²) in [5, 5.41) is 60.6. The van der Waals surface area contributed by atoms with Crippen molar-refractivity contribution in [1.82, 2.24) is 0 Å². The van der Waals surface area contributed by atoms with Gasteiger partial charge < -0.3 is 40.5 Å². The van der Waals surface area contributed by atoms with Crippen LogP contribution in [-0.2, 0) is 23.9 Å². The molecular weight excluding hydrogens is 588 g/mol. The third-order valence-electron chi connectivity index (χ3n) is 7.12. The zero-order valence-electron chi connectivity index (χ0n) is 27.8. The van der Waals surface area contributed by atoms with Crippen molar-refractivity contribution in [1.29, 1.82) is 0 Å². The van der Waals surface area contributed by atoms with E-state index in [0.29, 0.717) is 32.3 Å². The molecule has 0 amide bonds. The first-order valence-corrected chi connectivity index (χ1v) is 16.8. The fourth-order valence-corrected chi connectivity index (χ4v) is 4.08. The van der Waals surface area contributed by atoms with E-state index < -0.39 is 29.3 Å². The van der Waals surface area contributed by atoms with Crippen LogP contribution in [0.5, 0.6) is 0 Å². The van der Waals surface area contributed by atoms with Gasteiger partial charge in [-0.15, -0.1) is 0 Å². The molecule has 12 heteroatoms. The standard InChI is InChI=1S/C12H24O6.C12H24O2.C9H16O4/c13-7-12(8-14,9-15)10-18-6-4-2-1-3-5-11(16)17;1-2-3-4-5-6-7-8-9-10-11-12(13)14;10-8(11)6-4-2-1-3-5-7-9(12)13/h13-15H,1-10H2,(H,16,17);2-11H2,1H3,(H,13,14);1-7H2,(H,10,11)(H,12,13). The zero-order chi connectivity index (χ0) is 34.6. The van der Waals surface area contributed by atoms with Crippen LogP contribution in [0.15, 0.2) is 0 Å². The summed E-state index contributed by atoms with van der Waals surface area (Å²) in [6.45, 7) is 1.86. The first kappa shape index (κ1) is 47.1. The van der Waals surface area contributed by atoms with Crippen LogP contribution in [0.1, 0.15) is 148 Å². The van der Waals surface area contributed by atoms with Gasteiger partial charge in [0, 0.05) is 32.3 Å². The average Bonchev–Trinajstić information content (AvgIpc) is 2.99. The molecule has 0 aromatic carbocycles. The van der Waals surface area contributed by atoms with Crippen LogP contribution in [0.4, 0.5) is 0 Å². The maximum Gasteiger partial charge on any atom is 0.303 e. The van der Waals surface area contributed by atoms with Gasteiger partial charge in [0.05, 0.1) is 31.8 Å². The molecule has 0 rings (SSSR count). The summed E-state index contributed by atoms with van der Waals surface area (Å²) < 4.78 is 5.30. The third kappa shape index (κ3) is 41.7. The Kier molecular flexibility index (Phi) is 37.9. The van der Waals surface area contributed by atoms with E-state index in [2.05, 4.69) is 6.92 Å². The first-order chi connectivity index (χ1) is 21.5. The molecule has 0 saturated carbocycles. The van der Waals surface area contributed by atoms with E-state index in [1.54, 1.807) is 0 Å². The van der Waals surface area contributed by atoms with Crippen LogP contribution in [0.3, 0.4) is 0 Å². The average molecular weight is 653 g/mol. The molecule has 268 valence electrons. The molecule has 0 saturated heterocycles. The van der Waals surface area contributed by atoms with Gasteiger partial charge in [-0.2, -0.15) is 0 Å². The number of aliphatic hydroxyl groups excluding tert-OH is 3. The Hall–Kier alpha value is -2.28. The van der Waals surface area contributed by atoms with E-state index in [1.807, 2.05) is 0 Å². The van der Waals surface area contributed by atoms with Gasteiger partial charge in [-0.1, -0.05) is 90.4 Å². The molecule has 0 atom stereocenters. The fourth-order valence-electron chi connectivity index (χ4n) is 4.08. The minimum atomic E-state index is -0.969. The van der Waals surface area contributed by atoms with Gasteiger partial charge in [0.2, 0.25) is 0 Å². The highest BCUT2D eigenvalue weighted by atomic mass is 16.5. The predicted molar refractivity (Wildman–Crippen MR) is 172 cm³/mol. The molecule has 0 spiro atoms. The SMILES string of the molecule is CCCCCCCCCCCC(=O)O.O=C(O)CCCCCCCC(=O)O.O=C(O)CCCCCCOCC(CO)(CO)CO. The molecule has 0 aliphatic carbocycles. The Balaban J connectivity index is -0.000000598. The minimum Gasteiger partial charge on any atom is -0.481 e. The highest BCUT2D eigenvalue weighted by Gasteiger charge is 2.28. The number of carboxylic acid groups (broad SMARTS) is 4. The molecule has 0 aromatic heterocycles. The number of aliphatic hydroxyl groups is 3. The fraction of sp³-hybridized carbons (Fsp3) is 0.879. The van der Waals surface area contributed by atoms with Gasteiger partial charge in [-0.05, 0) is 32.1 Å². The van der Waals surface area contributed by atoms with Gasteiger partial charge in [-0.25, -0.2) is 0 Å². The first-order valence-electron chi connectivity index (χ1n) is 16.8. The van der Waals surface area contributed by atoms with E-state index in [9.17, 15) is 19.2 Å². The van der Waals surface area contributed by atoms with Crippen molar-refractivity contribution in [2.24, 2.45) is 5.41 Å². The van der Waals surface area contributed by atoms with Gasteiger partial charge in [0.25, 0.3) is 0 Å². The monoisotopic (exact) mass is 652 g/mol. The Morgan fingerprint density at radius 3 is 0.978 bits per heavy atom. The van der Waals surface area contributed by atoms with E-state index in [4.69, 9.17) is 40.5 Å². The molecule has 0 aromatic rings. The number of hydrogen-bond donors (Lipinski definition) is 7. The topological polar surface area (TPSA) is 219 Å². The lowest BCUT2D eigenvalue weighted by Crippen LogP contribution is -2.38. The number of carbonyl (C=O) groups is 4. The van der Waals surface area contributed by atoms with Crippen molar-refractivity contribution >= 4 is 23.9 Å². The van der Waals surface area contributed by atoms with Gasteiger partial charge >= 0.3 is 23.9 Å². The largest absolute Gasteiger partial charge is 0.481 e. The normalized spacial score (nSPS) is 10.8. The second-order valence-electron chi connectivity index (χ2n) is 11.6. The molecule has 0 bridgehead atoms. The van der Waals surface area contributed by atoms with Crippen molar-refractivity contribution in [3.63, 3.8) is 0 Å². The highest BCUT2D eigenvalue weighted by molar-refractivity contribution is 5.67. The molecule has 0 aliphatic rings. The summed E-state index contributed by atoms with van der Waals surface area (Å²) in [5.74, 6) is -2.95. The van der Waals surface area contributed by atoms with E-state index >= 15 is 0 Å². The van der Waals surface area contributed by atoms with Gasteiger partial charge in [-0.3, -0.25) is 19.2 Å². The lowest BCUT2D eigenvalue weighted by atomic mass is 9.93.